The highest BCUT2D eigenvalue weighted by Crippen LogP contribution is 2.36. The quantitative estimate of drug-likeness (QED) is 0.740. The van der Waals surface area contributed by atoms with Gasteiger partial charge in [0.15, 0.2) is 11.5 Å². The number of nitrogens with zero attached hydrogens (tertiary/aromatic N) is 1. The molecule has 0 aliphatic carbocycles. The van der Waals surface area contributed by atoms with Gasteiger partial charge in [0.1, 0.15) is 12.8 Å². The average molecular weight is 364 g/mol. The molecule has 0 saturated carbocycles. The lowest BCUT2D eigenvalue weighted by atomic mass is 10.0. The van der Waals surface area contributed by atoms with Gasteiger partial charge in [-0.25, -0.2) is 0 Å². The first-order valence-electron chi connectivity index (χ1n) is 8.77. The number of methoxy groups -OCH3 is 1. The van der Waals surface area contributed by atoms with Gasteiger partial charge in [0.25, 0.3) is 5.91 Å². The molecule has 1 aliphatic heterocycles. The molecule has 27 heavy (non-hydrogen) atoms. The van der Waals surface area contributed by atoms with Crippen molar-refractivity contribution in [3.05, 3.63) is 78.4 Å². The standard InChI is InChI=1S/C22H24N2O3/c1-5-12-24-21(23-18-9-7-6-8-17(18)22(24)25)16-10-11-19(20(13-16)26-4)27-14-15(2)3/h5-11,13,21,23H,1-2,12,14H2,3-4H3. The van der Waals surface area contributed by atoms with Crippen molar-refractivity contribution in [2.24, 2.45) is 0 Å². The fourth-order valence-electron chi connectivity index (χ4n) is 3.06. The summed E-state index contributed by atoms with van der Waals surface area (Å²) in [5, 5.41) is 3.45. The Labute approximate surface area is 159 Å². The van der Waals surface area contributed by atoms with E-state index in [-0.39, 0.29) is 12.1 Å². The third-order valence-electron chi connectivity index (χ3n) is 4.33. The molecule has 1 atom stereocenters. The van der Waals surface area contributed by atoms with E-state index in [0.29, 0.717) is 30.2 Å². The number of anilines is 1. The number of ether oxygens (including phenoxy) is 2. The lowest BCUT2D eigenvalue weighted by molar-refractivity contribution is 0.0707. The summed E-state index contributed by atoms with van der Waals surface area (Å²) in [4.78, 5) is 14.7. The number of hydrogen-bond donors (Lipinski definition) is 1. The number of benzene rings is 2. The Hall–Kier alpha value is -3.21. The molecule has 0 radical (unpaired) electrons. The van der Waals surface area contributed by atoms with Gasteiger partial charge in [-0.3, -0.25) is 4.79 Å². The normalized spacial score (nSPS) is 15.6. The van der Waals surface area contributed by atoms with Crippen LogP contribution in [-0.4, -0.2) is 31.1 Å². The largest absolute Gasteiger partial charge is 0.493 e. The molecule has 3 rings (SSSR count). The Morgan fingerprint density at radius 2 is 2.04 bits per heavy atom. The number of fused-ring (bicyclic) bond motifs is 1. The first-order valence-corrected chi connectivity index (χ1v) is 8.77. The van der Waals surface area contributed by atoms with Crippen molar-refractivity contribution in [2.45, 2.75) is 13.1 Å². The van der Waals surface area contributed by atoms with Gasteiger partial charge < -0.3 is 19.7 Å². The number of amides is 1. The van der Waals surface area contributed by atoms with Gasteiger partial charge >= 0.3 is 0 Å². The lowest BCUT2D eigenvalue weighted by Crippen LogP contribution is -2.42. The van der Waals surface area contributed by atoms with Crippen LogP contribution in [0.3, 0.4) is 0 Å². The van der Waals surface area contributed by atoms with Gasteiger partial charge in [-0.1, -0.05) is 30.9 Å². The van der Waals surface area contributed by atoms with Crippen LogP contribution in [0.2, 0.25) is 0 Å². The van der Waals surface area contributed by atoms with E-state index in [0.717, 1.165) is 16.8 Å². The fourth-order valence-corrected chi connectivity index (χ4v) is 3.06. The highest BCUT2D eigenvalue weighted by Gasteiger charge is 2.32. The van der Waals surface area contributed by atoms with E-state index >= 15 is 0 Å². The maximum absolute atomic E-state index is 13.0. The zero-order valence-electron chi connectivity index (χ0n) is 15.7. The van der Waals surface area contributed by atoms with Crippen molar-refractivity contribution in [3.8, 4) is 11.5 Å². The van der Waals surface area contributed by atoms with Crippen LogP contribution in [0.25, 0.3) is 0 Å². The minimum absolute atomic E-state index is 0.0316. The van der Waals surface area contributed by atoms with Crippen LogP contribution in [0, 0.1) is 0 Å². The molecule has 2 aromatic carbocycles. The van der Waals surface area contributed by atoms with Crippen molar-refractivity contribution in [1.82, 2.24) is 4.90 Å². The van der Waals surface area contributed by atoms with E-state index in [4.69, 9.17) is 9.47 Å². The van der Waals surface area contributed by atoms with Crippen molar-refractivity contribution >= 4 is 11.6 Å². The molecule has 140 valence electrons. The van der Waals surface area contributed by atoms with Gasteiger partial charge in [0, 0.05) is 12.2 Å². The number of rotatable bonds is 7. The number of carbonyl (C=O) groups is 1. The maximum Gasteiger partial charge on any atom is 0.258 e. The third kappa shape index (κ3) is 3.82. The lowest BCUT2D eigenvalue weighted by Gasteiger charge is -2.37. The van der Waals surface area contributed by atoms with E-state index in [9.17, 15) is 4.79 Å². The average Bonchev–Trinajstić information content (AvgIpc) is 2.68. The van der Waals surface area contributed by atoms with Gasteiger partial charge in [-0.2, -0.15) is 0 Å². The summed E-state index contributed by atoms with van der Waals surface area (Å²) in [6, 6.07) is 13.2. The highest BCUT2D eigenvalue weighted by molar-refractivity contribution is 6.01. The Morgan fingerprint density at radius 3 is 2.74 bits per heavy atom. The van der Waals surface area contributed by atoms with Crippen molar-refractivity contribution < 1.29 is 14.3 Å². The van der Waals surface area contributed by atoms with E-state index in [2.05, 4.69) is 18.5 Å². The predicted octanol–water partition coefficient (Wildman–Crippen LogP) is 4.40. The van der Waals surface area contributed by atoms with E-state index in [1.165, 1.54) is 0 Å². The molecule has 1 heterocycles. The van der Waals surface area contributed by atoms with E-state index < -0.39 is 0 Å². The first kappa shape index (κ1) is 18.6. The number of hydrogen-bond acceptors (Lipinski definition) is 4. The summed E-state index contributed by atoms with van der Waals surface area (Å²) in [7, 11) is 1.60. The summed E-state index contributed by atoms with van der Waals surface area (Å²) in [5.41, 5.74) is 3.30. The Morgan fingerprint density at radius 1 is 1.26 bits per heavy atom. The number of para-hydroxylation sites is 1. The Bertz CT molecular complexity index is 876. The van der Waals surface area contributed by atoms with Crippen LogP contribution in [-0.2, 0) is 0 Å². The molecule has 1 unspecified atom stereocenters. The molecule has 1 aliphatic rings. The molecule has 0 fully saturated rings. The monoisotopic (exact) mass is 364 g/mol. The van der Waals surface area contributed by atoms with Gasteiger partial charge in [0.2, 0.25) is 0 Å². The molecule has 5 heteroatoms. The zero-order chi connectivity index (χ0) is 19.4. The number of nitrogens with one attached hydrogen (secondary N) is 1. The second kappa shape index (κ2) is 7.99. The minimum atomic E-state index is -0.325. The van der Waals surface area contributed by atoms with Gasteiger partial charge in [-0.05, 0) is 42.3 Å². The first-order chi connectivity index (χ1) is 13.0. The third-order valence-corrected chi connectivity index (χ3v) is 4.33. The SMILES string of the molecule is C=CCN1C(=O)c2ccccc2NC1c1ccc(OCC(=C)C)c(OC)c1. The predicted molar refractivity (Wildman–Crippen MR) is 107 cm³/mol. The van der Waals surface area contributed by atoms with Gasteiger partial charge in [0.05, 0.1) is 12.7 Å². The second-order valence-electron chi connectivity index (χ2n) is 6.49. The van der Waals surface area contributed by atoms with Crippen LogP contribution in [0.1, 0.15) is 29.0 Å². The Balaban J connectivity index is 1.97. The molecule has 0 spiro atoms. The van der Waals surface area contributed by atoms with Crippen LogP contribution >= 0.6 is 0 Å². The summed E-state index contributed by atoms with van der Waals surface area (Å²) in [5.74, 6) is 1.22. The second-order valence-corrected chi connectivity index (χ2v) is 6.49. The molecule has 0 bridgehead atoms. The molecular formula is C22H24N2O3. The number of carbonyl (C=O) groups excluding carboxylic acids is 1. The molecular weight excluding hydrogens is 340 g/mol. The topological polar surface area (TPSA) is 50.8 Å². The minimum Gasteiger partial charge on any atom is -0.493 e. The van der Waals surface area contributed by atoms with Crippen LogP contribution in [0.5, 0.6) is 11.5 Å². The van der Waals surface area contributed by atoms with Crippen molar-refractivity contribution in [1.29, 1.82) is 0 Å². The molecule has 0 saturated heterocycles. The fraction of sp³-hybridized carbons (Fsp3) is 0.227. The van der Waals surface area contributed by atoms with Crippen molar-refractivity contribution in [3.63, 3.8) is 0 Å². The molecule has 2 aromatic rings. The highest BCUT2D eigenvalue weighted by atomic mass is 16.5. The molecule has 1 amide bonds. The van der Waals surface area contributed by atoms with Crippen LogP contribution in [0.15, 0.2) is 67.3 Å². The van der Waals surface area contributed by atoms with Crippen LogP contribution in [0.4, 0.5) is 5.69 Å². The smallest absolute Gasteiger partial charge is 0.258 e. The summed E-state index contributed by atoms with van der Waals surface area (Å²) in [6.07, 6.45) is 1.40. The van der Waals surface area contributed by atoms with Crippen LogP contribution < -0.4 is 14.8 Å². The van der Waals surface area contributed by atoms with E-state index in [1.54, 1.807) is 18.1 Å². The molecule has 0 aromatic heterocycles. The Kier molecular flexibility index (Phi) is 5.50. The zero-order valence-corrected chi connectivity index (χ0v) is 15.7. The molecule has 5 nitrogen and oxygen atoms in total. The van der Waals surface area contributed by atoms with Crippen molar-refractivity contribution in [2.75, 3.05) is 25.6 Å². The van der Waals surface area contributed by atoms with E-state index in [1.807, 2.05) is 49.4 Å². The summed E-state index contributed by atoms with van der Waals surface area (Å²) in [6.45, 7) is 10.4. The summed E-state index contributed by atoms with van der Waals surface area (Å²) >= 11 is 0. The molecule has 1 N–H and O–H groups in total. The van der Waals surface area contributed by atoms with Gasteiger partial charge in [-0.15, -0.1) is 6.58 Å². The maximum atomic E-state index is 13.0. The summed E-state index contributed by atoms with van der Waals surface area (Å²) < 4.78 is 11.2.